The number of alkyl halides is 2. The lowest BCUT2D eigenvalue weighted by atomic mass is 10.3. The van der Waals surface area contributed by atoms with Gasteiger partial charge in [0.05, 0.1) is 0 Å². The van der Waals surface area contributed by atoms with Gasteiger partial charge < -0.3 is 10.1 Å². The molecule has 2 aromatic carbocycles. The number of hydrogen-bond donors (Lipinski definition) is 1. The summed E-state index contributed by atoms with van der Waals surface area (Å²) in [6, 6.07) is 14.6. The molecule has 21 heavy (non-hydrogen) atoms. The molecule has 2 aromatic rings. The molecule has 0 atom stereocenters. The standard InChI is InChI=1S/C15H14BrF2NOS/c16-11-4-3-5-12(10-11)20-9-8-19-13-6-1-2-7-14(13)21-15(17)18/h1-7,10,15,19H,8-9H2. The van der Waals surface area contributed by atoms with Gasteiger partial charge in [0.25, 0.3) is 5.76 Å². The van der Waals surface area contributed by atoms with E-state index in [4.69, 9.17) is 4.74 Å². The maximum absolute atomic E-state index is 12.5. The minimum absolute atomic E-state index is 0.449. The number of halogens is 3. The summed E-state index contributed by atoms with van der Waals surface area (Å²) in [7, 11) is 0. The second-order valence-electron chi connectivity index (χ2n) is 4.11. The van der Waals surface area contributed by atoms with E-state index in [1.807, 2.05) is 30.3 Å². The van der Waals surface area contributed by atoms with Crippen LogP contribution in [0.4, 0.5) is 14.5 Å². The van der Waals surface area contributed by atoms with Crippen LogP contribution in [0.1, 0.15) is 0 Å². The maximum Gasteiger partial charge on any atom is 0.288 e. The largest absolute Gasteiger partial charge is 0.492 e. The second-order valence-corrected chi connectivity index (χ2v) is 6.05. The predicted molar refractivity (Wildman–Crippen MR) is 86.4 cm³/mol. The van der Waals surface area contributed by atoms with Gasteiger partial charge >= 0.3 is 0 Å². The van der Waals surface area contributed by atoms with Crippen LogP contribution in [0.5, 0.6) is 5.75 Å². The molecule has 0 radical (unpaired) electrons. The molecule has 6 heteroatoms. The molecule has 112 valence electrons. The molecule has 2 rings (SSSR count). The summed E-state index contributed by atoms with van der Waals surface area (Å²) in [6.07, 6.45) is 0. The van der Waals surface area contributed by atoms with E-state index in [0.717, 1.165) is 10.2 Å². The molecule has 0 heterocycles. The number of ether oxygens (including phenoxy) is 1. The number of anilines is 1. The highest BCUT2D eigenvalue weighted by Gasteiger charge is 2.09. The zero-order valence-corrected chi connectivity index (χ0v) is 13.5. The molecule has 0 saturated heterocycles. The van der Waals surface area contributed by atoms with Crippen molar-refractivity contribution in [3.05, 3.63) is 53.0 Å². The predicted octanol–water partition coefficient (Wildman–Crippen LogP) is 5.25. The Morgan fingerprint density at radius 3 is 2.71 bits per heavy atom. The van der Waals surface area contributed by atoms with Gasteiger partial charge in [-0.2, -0.15) is 8.78 Å². The van der Waals surface area contributed by atoms with Crippen molar-refractivity contribution in [3.8, 4) is 5.75 Å². The number of nitrogens with one attached hydrogen (secondary N) is 1. The van der Waals surface area contributed by atoms with Crippen LogP contribution in [0.25, 0.3) is 0 Å². The van der Waals surface area contributed by atoms with Crippen LogP contribution in [0.2, 0.25) is 0 Å². The number of benzene rings is 2. The van der Waals surface area contributed by atoms with Crippen LogP contribution >= 0.6 is 27.7 Å². The highest BCUT2D eigenvalue weighted by Crippen LogP contribution is 2.31. The Morgan fingerprint density at radius 2 is 1.95 bits per heavy atom. The highest BCUT2D eigenvalue weighted by atomic mass is 79.9. The van der Waals surface area contributed by atoms with E-state index in [1.165, 1.54) is 0 Å². The molecule has 0 spiro atoms. The smallest absolute Gasteiger partial charge is 0.288 e. The molecular formula is C15H14BrF2NOS. The Balaban J connectivity index is 1.83. The molecule has 0 fully saturated rings. The first kappa shape index (κ1) is 16.1. The van der Waals surface area contributed by atoms with E-state index in [9.17, 15) is 8.78 Å². The molecule has 0 unspecified atom stereocenters. The number of rotatable bonds is 7. The topological polar surface area (TPSA) is 21.3 Å². The van der Waals surface area contributed by atoms with Crippen molar-refractivity contribution in [1.29, 1.82) is 0 Å². The van der Waals surface area contributed by atoms with Crippen LogP contribution in [-0.4, -0.2) is 18.9 Å². The Bertz CT molecular complexity index is 583. The van der Waals surface area contributed by atoms with E-state index < -0.39 is 5.76 Å². The van der Waals surface area contributed by atoms with Crippen LogP contribution in [-0.2, 0) is 0 Å². The molecule has 0 amide bonds. The van der Waals surface area contributed by atoms with E-state index in [0.29, 0.717) is 35.5 Å². The number of hydrogen-bond acceptors (Lipinski definition) is 3. The first-order valence-electron chi connectivity index (χ1n) is 6.31. The van der Waals surface area contributed by atoms with Crippen molar-refractivity contribution in [2.24, 2.45) is 0 Å². The van der Waals surface area contributed by atoms with Gasteiger partial charge in [-0.25, -0.2) is 0 Å². The molecule has 1 N–H and O–H groups in total. The van der Waals surface area contributed by atoms with Gasteiger partial charge in [-0.3, -0.25) is 0 Å². The maximum atomic E-state index is 12.5. The molecule has 2 nitrogen and oxygen atoms in total. The average molecular weight is 374 g/mol. The Hall–Kier alpha value is -1.27. The molecular weight excluding hydrogens is 360 g/mol. The van der Waals surface area contributed by atoms with Crippen LogP contribution in [0, 0.1) is 0 Å². The van der Waals surface area contributed by atoms with Crippen molar-refractivity contribution in [2.45, 2.75) is 10.7 Å². The number of para-hydroxylation sites is 1. The van der Waals surface area contributed by atoms with E-state index in [2.05, 4.69) is 21.2 Å². The second kappa shape index (κ2) is 8.24. The SMILES string of the molecule is FC(F)Sc1ccccc1NCCOc1cccc(Br)c1. The van der Waals surface area contributed by atoms with Crippen molar-refractivity contribution in [1.82, 2.24) is 0 Å². The summed E-state index contributed by atoms with van der Waals surface area (Å²) in [5.41, 5.74) is 0.695. The number of thioether (sulfide) groups is 1. The summed E-state index contributed by atoms with van der Waals surface area (Å²) in [5.74, 6) is -1.66. The average Bonchev–Trinajstić information content (AvgIpc) is 2.45. The minimum atomic E-state index is -2.43. The van der Waals surface area contributed by atoms with E-state index in [1.54, 1.807) is 18.2 Å². The van der Waals surface area contributed by atoms with Gasteiger partial charge in [-0.1, -0.05) is 45.9 Å². The van der Waals surface area contributed by atoms with E-state index >= 15 is 0 Å². The molecule has 0 aliphatic heterocycles. The fraction of sp³-hybridized carbons (Fsp3) is 0.200. The Morgan fingerprint density at radius 1 is 1.14 bits per heavy atom. The van der Waals surface area contributed by atoms with Crippen molar-refractivity contribution >= 4 is 33.4 Å². The van der Waals surface area contributed by atoms with Crippen molar-refractivity contribution in [3.63, 3.8) is 0 Å². The zero-order valence-electron chi connectivity index (χ0n) is 11.1. The van der Waals surface area contributed by atoms with Crippen molar-refractivity contribution < 1.29 is 13.5 Å². The molecule has 0 aliphatic carbocycles. The Kier molecular flexibility index (Phi) is 6.32. The fourth-order valence-corrected chi connectivity index (χ4v) is 2.72. The van der Waals surface area contributed by atoms with Crippen molar-refractivity contribution in [2.75, 3.05) is 18.5 Å². The molecule has 0 bridgehead atoms. The minimum Gasteiger partial charge on any atom is -0.492 e. The van der Waals surface area contributed by atoms with Gasteiger partial charge in [0.15, 0.2) is 0 Å². The molecule has 0 aromatic heterocycles. The van der Waals surface area contributed by atoms with Gasteiger partial charge in [0.2, 0.25) is 0 Å². The summed E-state index contributed by atoms with van der Waals surface area (Å²) in [6.45, 7) is 0.984. The summed E-state index contributed by atoms with van der Waals surface area (Å²) in [5, 5.41) is 3.11. The highest BCUT2D eigenvalue weighted by molar-refractivity contribution is 9.10. The van der Waals surface area contributed by atoms with Crippen LogP contribution < -0.4 is 10.1 Å². The van der Waals surface area contributed by atoms with Gasteiger partial charge in [0, 0.05) is 21.6 Å². The Labute approximate surface area is 135 Å². The first-order chi connectivity index (χ1) is 10.1. The third-order valence-corrected chi connectivity index (χ3v) is 3.87. The third-order valence-electron chi connectivity index (χ3n) is 2.59. The lowest BCUT2D eigenvalue weighted by Crippen LogP contribution is -2.12. The van der Waals surface area contributed by atoms with Gasteiger partial charge in [-0.15, -0.1) is 0 Å². The first-order valence-corrected chi connectivity index (χ1v) is 7.98. The monoisotopic (exact) mass is 373 g/mol. The third kappa shape index (κ3) is 5.55. The summed E-state index contributed by atoms with van der Waals surface area (Å²) in [4.78, 5) is 0.537. The van der Waals surface area contributed by atoms with Gasteiger partial charge in [-0.05, 0) is 30.3 Å². The lowest BCUT2D eigenvalue weighted by Gasteiger charge is -2.12. The van der Waals surface area contributed by atoms with Crippen LogP contribution in [0.15, 0.2) is 57.9 Å². The molecule has 0 saturated carbocycles. The quantitative estimate of drug-likeness (QED) is 0.528. The van der Waals surface area contributed by atoms with E-state index in [-0.39, 0.29) is 0 Å². The summed E-state index contributed by atoms with van der Waals surface area (Å²) >= 11 is 3.91. The zero-order chi connectivity index (χ0) is 15.1. The van der Waals surface area contributed by atoms with Crippen LogP contribution in [0.3, 0.4) is 0 Å². The van der Waals surface area contributed by atoms with Gasteiger partial charge in [0.1, 0.15) is 12.4 Å². The summed E-state index contributed by atoms with van der Waals surface area (Å²) < 4.78 is 31.4. The molecule has 0 aliphatic rings. The normalized spacial score (nSPS) is 10.7. The lowest BCUT2D eigenvalue weighted by molar-refractivity contribution is 0.252. The fourth-order valence-electron chi connectivity index (χ4n) is 1.72.